The Hall–Kier alpha value is -0.260. The second-order valence-corrected chi connectivity index (χ2v) is 8.07. The first kappa shape index (κ1) is 12.2. The first-order valence-electron chi connectivity index (χ1n) is 6.89. The third kappa shape index (κ3) is 1.96. The van der Waals surface area contributed by atoms with E-state index in [9.17, 15) is 0 Å². The Morgan fingerprint density at radius 3 is 1.19 bits per heavy atom. The minimum Gasteiger partial charge on any atom is -0.0848 e. The monoisotopic (exact) mass is 220 g/mol. The molecule has 0 aliphatic heterocycles. The topological polar surface area (TPSA) is 0 Å². The van der Waals surface area contributed by atoms with Crippen molar-refractivity contribution < 1.29 is 0 Å². The number of allylic oxidation sites excluding steroid dienone is 2. The van der Waals surface area contributed by atoms with Crippen LogP contribution in [0.25, 0.3) is 0 Å². The Morgan fingerprint density at radius 1 is 0.688 bits per heavy atom. The number of hydrogen-bond donors (Lipinski definition) is 0. The van der Waals surface area contributed by atoms with Crippen LogP contribution in [0.5, 0.6) is 0 Å². The van der Waals surface area contributed by atoms with Crippen molar-refractivity contribution in [3.63, 3.8) is 0 Å². The first-order chi connectivity index (χ1) is 7.21. The van der Waals surface area contributed by atoms with Gasteiger partial charge >= 0.3 is 0 Å². The molecule has 0 aromatic heterocycles. The van der Waals surface area contributed by atoms with E-state index in [1.807, 2.05) is 0 Å². The van der Waals surface area contributed by atoms with Gasteiger partial charge in [-0.05, 0) is 47.3 Å². The average Bonchev–Trinajstić information content (AvgIpc) is 2.15. The van der Waals surface area contributed by atoms with Gasteiger partial charge in [0.1, 0.15) is 0 Å². The van der Waals surface area contributed by atoms with Crippen LogP contribution in [0.2, 0.25) is 0 Å². The van der Waals surface area contributed by atoms with Crippen LogP contribution in [0.3, 0.4) is 0 Å². The molecular weight excluding hydrogens is 192 g/mol. The maximum Gasteiger partial charge on any atom is -0.0197 e. The molecule has 3 aliphatic rings. The van der Waals surface area contributed by atoms with E-state index in [1.165, 1.54) is 12.8 Å². The summed E-state index contributed by atoms with van der Waals surface area (Å²) in [4.78, 5) is 0. The quantitative estimate of drug-likeness (QED) is 0.509. The molecule has 0 radical (unpaired) electrons. The van der Waals surface area contributed by atoms with Crippen molar-refractivity contribution in [2.45, 2.75) is 54.4 Å². The number of fused-ring (bicyclic) bond motifs is 2. The van der Waals surface area contributed by atoms with Gasteiger partial charge in [0.15, 0.2) is 0 Å². The van der Waals surface area contributed by atoms with Crippen molar-refractivity contribution in [2.75, 3.05) is 0 Å². The Kier molecular flexibility index (Phi) is 2.76. The lowest BCUT2D eigenvalue weighted by molar-refractivity contribution is -0.0304. The van der Waals surface area contributed by atoms with Gasteiger partial charge in [0, 0.05) is 0 Å². The molecule has 3 rings (SSSR count). The van der Waals surface area contributed by atoms with Gasteiger partial charge in [0.2, 0.25) is 0 Å². The zero-order chi connectivity index (χ0) is 12.1. The minimum atomic E-state index is 0.450. The van der Waals surface area contributed by atoms with E-state index in [4.69, 9.17) is 0 Å². The molecule has 3 aliphatic carbocycles. The molecule has 92 valence electrons. The highest BCUT2D eigenvalue weighted by molar-refractivity contribution is 5.13. The standard InChI is InChI=1S/C16H28/c1-15(2,3)13-11-7-9-12(10-8-11)14(13)16(4,5)6/h7,9,11-14H,8,10H2,1-6H3. The molecule has 0 saturated heterocycles. The molecule has 0 heteroatoms. The summed E-state index contributed by atoms with van der Waals surface area (Å²) in [6, 6.07) is 0. The van der Waals surface area contributed by atoms with E-state index in [0.717, 1.165) is 23.7 Å². The van der Waals surface area contributed by atoms with Gasteiger partial charge < -0.3 is 0 Å². The van der Waals surface area contributed by atoms with Crippen LogP contribution in [-0.2, 0) is 0 Å². The van der Waals surface area contributed by atoms with Crippen molar-refractivity contribution >= 4 is 0 Å². The lowest BCUT2D eigenvalue weighted by Gasteiger charge is -2.55. The Bertz CT molecular complexity index is 254. The van der Waals surface area contributed by atoms with Gasteiger partial charge in [-0.15, -0.1) is 0 Å². The molecule has 4 unspecified atom stereocenters. The highest BCUT2D eigenvalue weighted by atomic mass is 14.5. The Labute approximate surface area is 102 Å². The molecule has 4 atom stereocenters. The predicted octanol–water partition coefficient (Wildman–Crippen LogP) is 4.91. The molecule has 0 aromatic rings. The summed E-state index contributed by atoms with van der Waals surface area (Å²) in [7, 11) is 0. The molecular formula is C16H28. The molecule has 1 saturated carbocycles. The molecule has 0 heterocycles. The Morgan fingerprint density at radius 2 is 1.00 bits per heavy atom. The zero-order valence-corrected chi connectivity index (χ0v) is 11.9. The summed E-state index contributed by atoms with van der Waals surface area (Å²) < 4.78 is 0. The van der Waals surface area contributed by atoms with Crippen LogP contribution in [0.4, 0.5) is 0 Å². The van der Waals surface area contributed by atoms with E-state index in [1.54, 1.807) is 0 Å². The molecule has 0 amide bonds. The predicted molar refractivity (Wildman–Crippen MR) is 71.2 cm³/mol. The minimum absolute atomic E-state index is 0.450. The van der Waals surface area contributed by atoms with Crippen molar-refractivity contribution in [1.29, 1.82) is 0 Å². The summed E-state index contributed by atoms with van der Waals surface area (Å²) in [5.41, 5.74) is 0.901. The number of hydrogen-bond acceptors (Lipinski definition) is 0. The van der Waals surface area contributed by atoms with Gasteiger partial charge in [-0.2, -0.15) is 0 Å². The third-order valence-corrected chi connectivity index (χ3v) is 4.75. The van der Waals surface area contributed by atoms with Gasteiger partial charge in [-0.25, -0.2) is 0 Å². The van der Waals surface area contributed by atoms with Gasteiger partial charge in [-0.3, -0.25) is 0 Å². The van der Waals surface area contributed by atoms with E-state index in [2.05, 4.69) is 53.7 Å². The van der Waals surface area contributed by atoms with Gasteiger partial charge in [-0.1, -0.05) is 53.7 Å². The summed E-state index contributed by atoms with van der Waals surface area (Å²) in [6.45, 7) is 14.6. The first-order valence-corrected chi connectivity index (χ1v) is 6.89. The van der Waals surface area contributed by atoms with Crippen LogP contribution < -0.4 is 0 Å². The van der Waals surface area contributed by atoms with E-state index < -0.39 is 0 Å². The maximum atomic E-state index is 2.52. The molecule has 0 nitrogen and oxygen atoms in total. The second kappa shape index (κ2) is 3.62. The fraction of sp³-hybridized carbons (Fsp3) is 0.875. The van der Waals surface area contributed by atoms with Crippen LogP contribution in [0.15, 0.2) is 12.2 Å². The zero-order valence-electron chi connectivity index (χ0n) is 11.9. The fourth-order valence-electron chi connectivity index (χ4n) is 4.36. The number of rotatable bonds is 0. The van der Waals surface area contributed by atoms with E-state index in [-0.39, 0.29) is 0 Å². The SMILES string of the molecule is CC(C)(C)C1C2C=CC(CC2)C1C(C)(C)C. The highest BCUT2D eigenvalue weighted by Crippen LogP contribution is 2.57. The molecule has 0 N–H and O–H groups in total. The smallest absolute Gasteiger partial charge is 0.0197 e. The van der Waals surface area contributed by atoms with Crippen LogP contribution in [0.1, 0.15) is 54.4 Å². The second-order valence-electron chi connectivity index (χ2n) is 8.07. The van der Waals surface area contributed by atoms with Crippen molar-refractivity contribution in [3.8, 4) is 0 Å². The van der Waals surface area contributed by atoms with E-state index in [0.29, 0.717) is 10.8 Å². The lowest BCUT2D eigenvalue weighted by atomic mass is 9.49. The molecule has 1 fully saturated rings. The van der Waals surface area contributed by atoms with Gasteiger partial charge in [0.05, 0.1) is 0 Å². The largest absolute Gasteiger partial charge is 0.0848 e. The van der Waals surface area contributed by atoms with Crippen LogP contribution in [-0.4, -0.2) is 0 Å². The summed E-state index contributed by atoms with van der Waals surface area (Å²) >= 11 is 0. The van der Waals surface area contributed by atoms with Crippen molar-refractivity contribution in [1.82, 2.24) is 0 Å². The van der Waals surface area contributed by atoms with Crippen LogP contribution >= 0.6 is 0 Å². The maximum absolute atomic E-state index is 2.52. The molecule has 0 aromatic carbocycles. The average molecular weight is 220 g/mol. The summed E-state index contributed by atoms with van der Waals surface area (Å²) in [5, 5.41) is 0. The molecule has 2 bridgehead atoms. The molecule has 0 spiro atoms. The summed E-state index contributed by atoms with van der Waals surface area (Å²) in [5.74, 6) is 3.43. The lowest BCUT2D eigenvalue weighted by Crippen LogP contribution is -2.48. The molecule has 16 heavy (non-hydrogen) atoms. The van der Waals surface area contributed by atoms with Crippen LogP contribution in [0, 0.1) is 34.5 Å². The van der Waals surface area contributed by atoms with Crippen molar-refractivity contribution in [2.24, 2.45) is 34.5 Å². The Balaban J connectivity index is 2.37. The van der Waals surface area contributed by atoms with E-state index >= 15 is 0 Å². The third-order valence-electron chi connectivity index (χ3n) is 4.75. The fourth-order valence-corrected chi connectivity index (χ4v) is 4.36. The summed E-state index contributed by atoms with van der Waals surface area (Å²) in [6.07, 6.45) is 7.89. The highest BCUT2D eigenvalue weighted by Gasteiger charge is 2.49. The normalized spacial score (nSPS) is 39.1. The van der Waals surface area contributed by atoms with Gasteiger partial charge in [0.25, 0.3) is 0 Å². The van der Waals surface area contributed by atoms with Crippen molar-refractivity contribution in [3.05, 3.63) is 12.2 Å².